The summed E-state index contributed by atoms with van der Waals surface area (Å²) >= 11 is 1.48. The molecule has 1 fully saturated rings. The van der Waals surface area contributed by atoms with Crippen LogP contribution in [0.3, 0.4) is 0 Å². The summed E-state index contributed by atoms with van der Waals surface area (Å²) < 4.78 is 1.81. The van der Waals surface area contributed by atoms with Crippen molar-refractivity contribution in [1.82, 2.24) is 19.5 Å². The lowest BCUT2D eigenvalue weighted by molar-refractivity contribution is 0.138. The third-order valence-corrected chi connectivity index (χ3v) is 4.71. The summed E-state index contributed by atoms with van der Waals surface area (Å²) in [6.45, 7) is -0.0613. The van der Waals surface area contributed by atoms with Gasteiger partial charge in [-0.1, -0.05) is 0 Å². The Bertz CT molecular complexity index is 617. The summed E-state index contributed by atoms with van der Waals surface area (Å²) in [6.07, 6.45) is 1.58. The number of aliphatic hydroxyl groups excluding tert-OH is 2. The van der Waals surface area contributed by atoms with Gasteiger partial charge in [-0.15, -0.1) is 11.8 Å². The lowest BCUT2D eigenvalue weighted by atomic mass is 10.2. The molecule has 1 saturated heterocycles. The Balaban J connectivity index is 2.02. The number of rotatable bonds is 2. The maximum atomic E-state index is 9.84. The lowest BCUT2D eigenvalue weighted by Gasteiger charge is -2.11. The van der Waals surface area contributed by atoms with E-state index in [0.717, 1.165) is 0 Å². The Morgan fingerprint density at radius 3 is 2.89 bits per heavy atom. The van der Waals surface area contributed by atoms with E-state index in [1.165, 1.54) is 11.8 Å². The summed E-state index contributed by atoms with van der Waals surface area (Å²) in [4.78, 5) is 12.2. The van der Waals surface area contributed by atoms with E-state index in [1.807, 2.05) is 4.57 Å². The molecule has 1 aliphatic rings. The number of nitrogens with two attached hydrogens (primary N) is 2. The predicted octanol–water partition coefficient (Wildman–Crippen LogP) is -0.652. The van der Waals surface area contributed by atoms with Crippen LogP contribution in [0, 0.1) is 0 Å². The first-order chi connectivity index (χ1) is 9.10. The smallest absolute Gasteiger partial charge is 0.224 e. The van der Waals surface area contributed by atoms with E-state index in [2.05, 4.69) is 15.0 Å². The maximum Gasteiger partial charge on any atom is 0.224 e. The molecule has 0 radical (unpaired) electrons. The third kappa shape index (κ3) is 1.99. The monoisotopic (exact) mass is 282 g/mol. The first kappa shape index (κ1) is 12.5. The van der Waals surface area contributed by atoms with Gasteiger partial charge in [0.1, 0.15) is 5.52 Å². The highest BCUT2D eigenvalue weighted by Crippen LogP contribution is 2.42. The van der Waals surface area contributed by atoms with Crippen LogP contribution in [0.1, 0.15) is 11.8 Å². The minimum absolute atomic E-state index is 0.0501. The van der Waals surface area contributed by atoms with E-state index >= 15 is 0 Å². The van der Waals surface area contributed by atoms with Crippen molar-refractivity contribution in [3.05, 3.63) is 6.33 Å². The first-order valence-electron chi connectivity index (χ1n) is 5.80. The van der Waals surface area contributed by atoms with Crippen LogP contribution >= 0.6 is 11.8 Å². The molecule has 2 aromatic heterocycles. The van der Waals surface area contributed by atoms with Crippen LogP contribution in [-0.2, 0) is 0 Å². The molecule has 0 aromatic carbocycles. The molecule has 19 heavy (non-hydrogen) atoms. The van der Waals surface area contributed by atoms with E-state index in [0.29, 0.717) is 17.6 Å². The van der Waals surface area contributed by atoms with Gasteiger partial charge < -0.3 is 26.2 Å². The number of nitrogens with zero attached hydrogens (tertiary/aromatic N) is 4. The molecule has 2 aromatic rings. The predicted molar refractivity (Wildman–Crippen MR) is 72.3 cm³/mol. The van der Waals surface area contributed by atoms with Crippen molar-refractivity contribution >= 4 is 34.7 Å². The quantitative estimate of drug-likeness (QED) is 0.570. The molecule has 0 amide bonds. The Labute approximate surface area is 112 Å². The summed E-state index contributed by atoms with van der Waals surface area (Å²) in [5, 5.41) is 18.8. The zero-order chi connectivity index (χ0) is 13.6. The van der Waals surface area contributed by atoms with Crippen LogP contribution in [0.4, 0.5) is 11.8 Å². The van der Waals surface area contributed by atoms with Crippen molar-refractivity contribution in [2.24, 2.45) is 0 Å². The number of hydrogen-bond donors (Lipinski definition) is 4. The Kier molecular flexibility index (Phi) is 2.96. The lowest BCUT2D eigenvalue weighted by Crippen LogP contribution is -2.20. The van der Waals surface area contributed by atoms with Gasteiger partial charge in [0.05, 0.1) is 29.7 Å². The molecule has 3 heterocycles. The normalized spacial score (nSPS) is 27.2. The van der Waals surface area contributed by atoms with Gasteiger partial charge in [0.15, 0.2) is 11.5 Å². The molecule has 0 saturated carbocycles. The van der Waals surface area contributed by atoms with Crippen molar-refractivity contribution < 1.29 is 10.2 Å². The molecule has 102 valence electrons. The Morgan fingerprint density at radius 1 is 1.42 bits per heavy atom. The van der Waals surface area contributed by atoms with E-state index < -0.39 is 6.10 Å². The van der Waals surface area contributed by atoms with E-state index in [9.17, 15) is 10.2 Å². The van der Waals surface area contributed by atoms with E-state index in [-0.39, 0.29) is 29.0 Å². The molecule has 0 aliphatic carbocycles. The fraction of sp³-hybridized carbons (Fsp3) is 0.500. The van der Waals surface area contributed by atoms with Crippen molar-refractivity contribution in [1.29, 1.82) is 0 Å². The van der Waals surface area contributed by atoms with Crippen LogP contribution in [0.5, 0.6) is 0 Å². The second-order valence-corrected chi connectivity index (χ2v) is 5.83. The number of aromatic nitrogens is 4. The van der Waals surface area contributed by atoms with Crippen molar-refractivity contribution in [2.75, 3.05) is 18.1 Å². The van der Waals surface area contributed by atoms with Gasteiger partial charge in [-0.2, -0.15) is 9.97 Å². The largest absolute Gasteiger partial charge is 0.395 e. The number of anilines is 2. The van der Waals surface area contributed by atoms with E-state index in [1.54, 1.807) is 6.33 Å². The SMILES string of the molecule is Nc1nc(N)c2ncn([C@@H]3C[C@H](O)[C@@H](CO)S3)c2n1. The van der Waals surface area contributed by atoms with Gasteiger partial charge in [0.2, 0.25) is 5.95 Å². The molecule has 8 nitrogen and oxygen atoms in total. The van der Waals surface area contributed by atoms with Crippen LogP contribution in [-0.4, -0.2) is 47.7 Å². The summed E-state index contributed by atoms with van der Waals surface area (Å²) in [5.41, 5.74) is 12.4. The number of fused-ring (bicyclic) bond motifs is 1. The van der Waals surface area contributed by atoms with E-state index in [4.69, 9.17) is 11.5 Å². The number of thioether (sulfide) groups is 1. The molecular formula is C10H14N6O2S. The molecule has 0 unspecified atom stereocenters. The van der Waals surface area contributed by atoms with Crippen LogP contribution in [0.25, 0.3) is 11.2 Å². The number of nitrogen functional groups attached to an aromatic ring is 2. The highest BCUT2D eigenvalue weighted by molar-refractivity contribution is 8.00. The van der Waals surface area contributed by atoms with Gasteiger partial charge in [-0.3, -0.25) is 0 Å². The number of imidazole rings is 1. The topological polar surface area (TPSA) is 136 Å². The molecule has 3 atom stereocenters. The van der Waals surface area contributed by atoms with Gasteiger partial charge in [0.25, 0.3) is 0 Å². The third-order valence-electron chi connectivity index (χ3n) is 3.16. The summed E-state index contributed by atoms with van der Waals surface area (Å²) in [6, 6.07) is 0. The summed E-state index contributed by atoms with van der Waals surface area (Å²) in [5.74, 6) is 0.331. The van der Waals surface area contributed by atoms with Crippen LogP contribution in [0.15, 0.2) is 6.33 Å². The fourth-order valence-electron chi connectivity index (χ4n) is 2.22. The minimum Gasteiger partial charge on any atom is -0.395 e. The van der Waals surface area contributed by atoms with Gasteiger partial charge in [-0.25, -0.2) is 4.98 Å². The molecule has 9 heteroatoms. The van der Waals surface area contributed by atoms with Crippen molar-refractivity contribution in [3.8, 4) is 0 Å². The zero-order valence-electron chi connectivity index (χ0n) is 9.97. The van der Waals surface area contributed by atoms with Crippen molar-refractivity contribution in [3.63, 3.8) is 0 Å². The zero-order valence-corrected chi connectivity index (χ0v) is 10.8. The molecular weight excluding hydrogens is 268 g/mol. The summed E-state index contributed by atoms with van der Waals surface area (Å²) in [7, 11) is 0. The maximum absolute atomic E-state index is 9.84. The first-order valence-corrected chi connectivity index (χ1v) is 6.74. The average molecular weight is 282 g/mol. The Hall–Kier alpha value is -1.58. The fourth-order valence-corrected chi connectivity index (χ4v) is 3.59. The molecule has 1 aliphatic heterocycles. The van der Waals surface area contributed by atoms with Gasteiger partial charge in [-0.05, 0) is 0 Å². The molecule has 0 bridgehead atoms. The van der Waals surface area contributed by atoms with Crippen molar-refractivity contribution in [2.45, 2.75) is 23.1 Å². The number of hydrogen-bond acceptors (Lipinski definition) is 8. The second kappa shape index (κ2) is 4.51. The van der Waals surface area contributed by atoms with Crippen LogP contribution in [0.2, 0.25) is 0 Å². The minimum atomic E-state index is -0.547. The second-order valence-electron chi connectivity index (χ2n) is 4.41. The standard InChI is InChI=1S/C10H14N6O2S/c11-8-7-9(15-10(12)14-8)16(3-13-7)6-1-4(18)5(2-17)19-6/h3-6,17-18H,1-2H2,(H4,11,12,14,15)/t4-,5+,6-/m0/s1. The van der Waals surface area contributed by atoms with Gasteiger partial charge in [0, 0.05) is 6.42 Å². The average Bonchev–Trinajstić information content (AvgIpc) is 2.92. The molecule has 0 spiro atoms. The molecule has 6 N–H and O–H groups in total. The van der Waals surface area contributed by atoms with Gasteiger partial charge >= 0.3 is 0 Å². The highest BCUT2D eigenvalue weighted by atomic mass is 32.2. The van der Waals surface area contributed by atoms with Crippen LogP contribution < -0.4 is 11.5 Å². The Morgan fingerprint density at radius 2 is 2.21 bits per heavy atom. The number of aliphatic hydroxyl groups is 2. The molecule has 3 rings (SSSR count). The highest BCUT2D eigenvalue weighted by Gasteiger charge is 2.35.